The first-order valence-electron chi connectivity index (χ1n) is 7.19. The Morgan fingerprint density at radius 2 is 2.10 bits per heavy atom. The standard InChI is InChI=1S/C15H20N2O4/c1-11-3-2-4-13(15(11)17(20)21)16-9-7-12(8-10-16)5-6-14(18)19/h2-4,12H,5-10H2,1H3,(H,18,19). The summed E-state index contributed by atoms with van der Waals surface area (Å²) in [5.41, 5.74) is 1.53. The fraction of sp³-hybridized carbons (Fsp3) is 0.533. The van der Waals surface area contributed by atoms with Crippen LogP contribution >= 0.6 is 0 Å². The average Bonchev–Trinajstić information content (AvgIpc) is 2.45. The molecular formula is C15H20N2O4. The molecular weight excluding hydrogens is 272 g/mol. The van der Waals surface area contributed by atoms with Crippen LogP contribution in [-0.4, -0.2) is 29.1 Å². The molecule has 6 nitrogen and oxygen atoms in total. The number of aliphatic carboxylic acids is 1. The highest BCUT2D eigenvalue weighted by Crippen LogP contribution is 2.34. The predicted molar refractivity (Wildman–Crippen MR) is 79.6 cm³/mol. The van der Waals surface area contributed by atoms with E-state index in [-0.39, 0.29) is 17.0 Å². The van der Waals surface area contributed by atoms with Gasteiger partial charge >= 0.3 is 5.97 Å². The summed E-state index contributed by atoms with van der Waals surface area (Å²) in [5, 5.41) is 20.0. The first kappa shape index (κ1) is 15.3. The number of carbonyl (C=O) groups is 1. The number of carboxylic acid groups (broad SMARTS) is 1. The maximum Gasteiger partial charge on any atom is 0.303 e. The molecule has 0 unspecified atom stereocenters. The Morgan fingerprint density at radius 3 is 2.67 bits per heavy atom. The van der Waals surface area contributed by atoms with E-state index in [0.29, 0.717) is 23.6 Å². The third-order valence-corrected chi connectivity index (χ3v) is 4.12. The van der Waals surface area contributed by atoms with E-state index in [1.807, 2.05) is 11.0 Å². The molecule has 0 saturated carbocycles. The van der Waals surface area contributed by atoms with Gasteiger partial charge in [0.05, 0.1) is 4.92 Å². The average molecular weight is 292 g/mol. The Balaban J connectivity index is 2.04. The molecule has 0 amide bonds. The molecule has 0 atom stereocenters. The van der Waals surface area contributed by atoms with E-state index in [0.717, 1.165) is 25.9 Å². The van der Waals surface area contributed by atoms with Crippen molar-refractivity contribution in [3.8, 4) is 0 Å². The zero-order chi connectivity index (χ0) is 15.4. The molecule has 1 aliphatic heterocycles. The normalized spacial score (nSPS) is 16.0. The van der Waals surface area contributed by atoms with Gasteiger partial charge in [0.1, 0.15) is 5.69 Å². The minimum atomic E-state index is -0.758. The van der Waals surface area contributed by atoms with Gasteiger partial charge in [0.15, 0.2) is 0 Å². The Morgan fingerprint density at radius 1 is 1.43 bits per heavy atom. The number of piperidine rings is 1. The van der Waals surface area contributed by atoms with Crippen molar-refractivity contribution >= 4 is 17.3 Å². The third-order valence-electron chi connectivity index (χ3n) is 4.12. The van der Waals surface area contributed by atoms with Crippen LogP contribution in [0.15, 0.2) is 18.2 Å². The Labute approximate surface area is 123 Å². The lowest BCUT2D eigenvalue weighted by molar-refractivity contribution is -0.384. The minimum absolute atomic E-state index is 0.182. The van der Waals surface area contributed by atoms with Crippen LogP contribution in [-0.2, 0) is 4.79 Å². The number of nitro groups is 1. The Bertz CT molecular complexity index is 536. The minimum Gasteiger partial charge on any atom is -0.481 e. The molecule has 1 saturated heterocycles. The second-order valence-corrected chi connectivity index (χ2v) is 5.56. The molecule has 0 spiro atoms. The van der Waals surface area contributed by atoms with Crippen LogP contribution in [0.5, 0.6) is 0 Å². The summed E-state index contributed by atoms with van der Waals surface area (Å²) in [5.74, 6) is -0.354. The van der Waals surface area contributed by atoms with Crippen molar-refractivity contribution in [1.29, 1.82) is 0 Å². The van der Waals surface area contributed by atoms with Crippen LogP contribution in [0.1, 0.15) is 31.2 Å². The second-order valence-electron chi connectivity index (χ2n) is 5.56. The molecule has 0 bridgehead atoms. The maximum atomic E-state index is 11.2. The van der Waals surface area contributed by atoms with Gasteiger partial charge in [-0.3, -0.25) is 14.9 Å². The van der Waals surface area contributed by atoms with Crippen LogP contribution in [0.25, 0.3) is 0 Å². The Kier molecular flexibility index (Phi) is 4.77. The van der Waals surface area contributed by atoms with Gasteiger partial charge < -0.3 is 10.0 Å². The van der Waals surface area contributed by atoms with E-state index in [1.54, 1.807) is 19.1 Å². The number of anilines is 1. The fourth-order valence-corrected chi connectivity index (χ4v) is 2.93. The van der Waals surface area contributed by atoms with Crippen molar-refractivity contribution in [2.24, 2.45) is 5.92 Å². The molecule has 1 N–H and O–H groups in total. The van der Waals surface area contributed by atoms with Crippen LogP contribution in [0.3, 0.4) is 0 Å². The second kappa shape index (κ2) is 6.56. The lowest BCUT2D eigenvalue weighted by Gasteiger charge is -2.33. The summed E-state index contributed by atoms with van der Waals surface area (Å²) in [7, 11) is 0. The number of nitro benzene ring substituents is 1. The highest BCUT2D eigenvalue weighted by molar-refractivity contribution is 5.67. The summed E-state index contributed by atoms with van der Waals surface area (Å²) in [6, 6.07) is 5.39. The van der Waals surface area contributed by atoms with E-state index in [4.69, 9.17) is 5.11 Å². The van der Waals surface area contributed by atoms with Crippen LogP contribution in [0.2, 0.25) is 0 Å². The highest BCUT2D eigenvalue weighted by Gasteiger charge is 2.26. The monoisotopic (exact) mass is 292 g/mol. The number of nitrogens with zero attached hydrogens (tertiary/aromatic N) is 2. The topological polar surface area (TPSA) is 83.7 Å². The summed E-state index contributed by atoms with van der Waals surface area (Å²) >= 11 is 0. The molecule has 1 aromatic carbocycles. The summed E-state index contributed by atoms with van der Waals surface area (Å²) in [6.07, 6.45) is 2.67. The van der Waals surface area contributed by atoms with Crippen LogP contribution in [0, 0.1) is 23.0 Å². The van der Waals surface area contributed by atoms with Gasteiger partial charge in [-0.05, 0) is 38.2 Å². The zero-order valence-corrected chi connectivity index (χ0v) is 12.1. The van der Waals surface area contributed by atoms with Crippen molar-refractivity contribution in [3.05, 3.63) is 33.9 Å². The van der Waals surface area contributed by atoms with Gasteiger partial charge in [0.2, 0.25) is 0 Å². The number of hydrogen-bond acceptors (Lipinski definition) is 4. The molecule has 0 aliphatic carbocycles. The summed E-state index contributed by atoms with van der Waals surface area (Å²) < 4.78 is 0. The lowest BCUT2D eigenvalue weighted by Crippen LogP contribution is -2.34. The van der Waals surface area contributed by atoms with E-state index in [9.17, 15) is 14.9 Å². The molecule has 0 aromatic heterocycles. The smallest absolute Gasteiger partial charge is 0.303 e. The first-order chi connectivity index (χ1) is 9.99. The van der Waals surface area contributed by atoms with Crippen molar-refractivity contribution in [3.63, 3.8) is 0 Å². The number of rotatable bonds is 5. The van der Waals surface area contributed by atoms with Gasteiger partial charge in [-0.1, -0.05) is 12.1 Å². The van der Waals surface area contributed by atoms with E-state index in [2.05, 4.69) is 0 Å². The molecule has 1 heterocycles. The summed E-state index contributed by atoms with van der Waals surface area (Å²) in [6.45, 7) is 3.24. The summed E-state index contributed by atoms with van der Waals surface area (Å²) in [4.78, 5) is 23.6. The van der Waals surface area contributed by atoms with Crippen molar-refractivity contribution in [2.75, 3.05) is 18.0 Å². The molecule has 0 radical (unpaired) electrons. The zero-order valence-electron chi connectivity index (χ0n) is 12.1. The first-order valence-corrected chi connectivity index (χ1v) is 7.19. The van der Waals surface area contributed by atoms with E-state index < -0.39 is 5.97 Å². The molecule has 2 rings (SSSR count). The Hall–Kier alpha value is -2.11. The van der Waals surface area contributed by atoms with Crippen molar-refractivity contribution < 1.29 is 14.8 Å². The largest absolute Gasteiger partial charge is 0.481 e. The number of hydrogen-bond donors (Lipinski definition) is 1. The maximum absolute atomic E-state index is 11.2. The molecule has 21 heavy (non-hydrogen) atoms. The molecule has 1 aliphatic rings. The van der Waals surface area contributed by atoms with Gasteiger partial charge in [0, 0.05) is 25.1 Å². The lowest BCUT2D eigenvalue weighted by atomic mass is 9.92. The van der Waals surface area contributed by atoms with Crippen LogP contribution < -0.4 is 4.90 Å². The third kappa shape index (κ3) is 3.71. The number of aryl methyl sites for hydroxylation is 1. The molecule has 114 valence electrons. The van der Waals surface area contributed by atoms with Crippen molar-refractivity contribution in [1.82, 2.24) is 0 Å². The molecule has 1 aromatic rings. The van der Waals surface area contributed by atoms with Gasteiger partial charge in [-0.2, -0.15) is 0 Å². The van der Waals surface area contributed by atoms with E-state index in [1.165, 1.54) is 0 Å². The number of benzene rings is 1. The van der Waals surface area contributed by atoms with E-state index >= 15 is 0 Å². The molecule has 1 fully saturated rings. The van der Waals surface area contributed by atoms with Gasteiger partial charge in [-0.15, -0.1) is 0 Å². The number of carboxylic acids is 1. The number of para-hydroxylation sites is 1. The van der Waals surface area contributed by atoms with Gasteiger partial charge in [0.25, 0.3) is 5.69 Å². The SMILES string of the molecule is Cc1cccc(N2CCC(CCC(=O)O)CC2)c1[N+](=O)[O-]. The predicted octanol–water partition coefficient (Wildman–Crippen LogP) is 2.98. The quantitative estimate of drug-likeness (QED) is 0.666. The fourth-order valence-electron chi connectivity index (χ4n) is 2.93. The van der Waals surface area contributed by atoms with Gasteiger partial charge in [-0.25, -0.2) is 0 Å². The highest BCUT2D eigenvalue weighted by atomic mass is 16.6. The van der Waals surface area contributed by atoms with Crippen molar-refractivity contribution in [2.45, 2.75) is 32.6 Å². The molecule has 6 heteroatoms. The van der Waals surface area contributed by atoms with Crippen LogP contribution in [0.4, 0.5) is 11.4 Å².